The summed E-state index contributed by atoms with van der Waals surface area (Å²) >= 11 is 0. The molecule has 2 aromatic carbocycles. The van der Waals surface area contributed by atoms with Crippen LogP contribution in [0.3, 0.4) is 0 Å². The van der Waals surface area contributed by atoms with E-state index in [0.29, 0.717) is 22.6 Å². The lowest BCUT2D eigenvalue weighted by atomic mass is 10.0. The smallest absolute Gasteiger partial charge is 0.255 e. The van der Waals surface area contributed by atoms with Gasteiger partial charge >= 0.3 is 0 Å². The van der Waals surface area contributed by atoms with E-state index in [1.807, 2.05) is 0 Å². The number of pyridine rings is 1. The van der Waals surface area contributed by atoms with Crippen LogP contribution in [0.2, 0.25) is 0 Å². The number of carbonyl (C=O) groups is 2. The summed E-state index contributed by atoms with van der Waals surface area (Å²) in [6.07, 6.45) is 3.10. The van der Waals surface area contributed by atoms with E-state index in [2.05, 4.69) is 15.3 Å². The van der Waals surface area contributed by atoms with Crippen molar-refractivity contribution in [1.29, 1.82) is 0 Å². The monoisotopic (exact) mass is 444 g/mol. The van der Waals surface area contributed by atoms with Crippen LogP contribution in [0.1, 0.15) is 21.5 Å². The number of carbonyl (C=O) groups excluding carboxylic acids is 2. The Balaban J connectivity index is 1.77. The number of para-hydroxylation sites is 1. The number of nitrogens with two attached hydrogens (primary N) is 3. The zero-order chi connectivity index (χ0) is 23.8. The van der Waals surface area contributed by atoms with Crippen molar-refractivity contribution in [1.82, 2.24) is 10.3 Å². The lowest BCUT2D eigenvalue weighted by molar-refractivity contribution is -0.114. The number of benzene rings is 2. The van der Waals surface area contributed by atoms with Gasteiger partial charge in [-0.2, -0.15) is 0 Å². The minimum absolute atomic E-state index is 0.0796. The van der Waals surface area contributed by atoms with Gasteiger partial charge in [0, 0.05) is 18.9 Å². The number of ether oxygens (including phenoxy) is 1. The number of rotatable bonds is 8. The van der Waals surface area contributed by atoms with Gasteiger partial charge in [0.05, 0.1) is 24.1 Å². The van der Waals surface area contributed by atoms with Crippen LogP contribution >= 0.6 is 0 Å². The molecule has 3 rings (SSSR count). The Morgan fingerprint density at radius 3 is 2.27 bits per heavy atom. The molecular weight excluding hydrogens is 420 g/mol. The van der Waals surface area contributed by atoms with Crippen LogP contribution in [0.5, 0.6) is 5.75 Å². The molecule has 0 spiro atoms. The maximum Gasteiger partial charge on any atom is 0.255 e. The second-order valence-corrected chi connectivity index (χ2v) is 6.94. The maximum atomic E-state index is 12.5. The molecule has 1 heterocycles. The zero-order valence-electron chi connectivity index (χ0n) is 18.0. The molecule has 9 nitrogen and oxygen atoms in total. The van der Waals surface area contributed by atoms with Crippen LogP contribution in [-0.2, 0) is 11.3 Å². The van der Waals surface area contributed by atoms with Crippen LogP contribution in [0.25, 0.3) is 5.70 Å². The Morgan fingerprint density at radius 2 is 1.64 bits per heavy atom. The molecule has 0 saturated heterocycles. The Labute approximate surface area is 191 Å². The predicted molar refractivity (Wildman–Crippen MR) is 126 cm³/mol. The van der Waals surface area contributed by atoms with E-state index >= 15 is 0 Å². The van der Waals surface area contributed by atoms with E-state index in [4.69, 9.17) is 21.9 Å². The molecular formula is C24H24N6O3. The van der Waals surface area contributed by atoms with Crippen molar-refractivity contribution in [2.24, 2.45) is 22.2 Å². The number of nitrogens with one attached hydrogen (secondary N) is 1. The molecule has 7 N–H and O–H groups in total. The van der Waals surface area contributed by atoms with E-state index in [-0.39, 0.29) is 29.6 Å². The lowest BCUT2D eigenvalue weighted by Gasteiger charge is -2.11. The number of hydrogen-bond acceptors (Lipinski definition) is 6. The number of hydrogen-bond donors (Lipinski definition) is 4. The summed E-state index contributed by atoms with van der Waals surface area (Å²) in [5.41, 5.74) is 20.1. The summed E-state index contributed by atoms with van der Waals surface area (Å²) in [5, 5.41) is 2.84. The van der Waals surface area contributed by atoms with Gasteiger partial charge in [0.1, 0.15) is 17.2 Å². The summed E-state index contributed by atoms with van der Waals surface area (Å²) in [7, 11) is 1.51. The third-order valence-electron chi connectivity index (χ3n) is 4.75. The van der Waals surface area contributed by atoms with Gasteiger partial charge in [-0.05, 0) is 35.4 Å². The van der Waals surface area contributed by atoms with Gasteiger partial charge in [-0.15, -0.1) is 0 Å². The highest BCUT2D eigenvalue weighted by Crippen LogP contribution is 2.19. The summed E-state index contributed by atoms with van der Waals surface area (Å²) < 4.78 is 5.22. The number of aliphatic imine (C=N–C) groups is 1. The Hall–Kier alpha value is -4.66. The highest BCUT2D eigenvalue weighted by atomic mass is 16.5. The molecule has 1 aromatic heterocycles. The molecule has 0 bridgehead atoms. The first kappa shape index (κ1) is 23.0. The van der Waals surface area contributed by atoms with Crippen molar-refractivity contribution in [3.05, 3.63) is 95.3 Å². The minimum atomic E-state index is -0.795. The Kier molecular flexibility index (Phi) is 7.38. The average molecular weight is 444 g/mol. The summed E-state index contributed by atoms with van der Waals surface area (Å²) in [4.78, 5) is 32.6. The predicted octanol–water partition coefficient (Wildman–Crippen LogP) is 1.86. The van der Waals surface area contributed by atoms with E-state index in [0.717, 1.165) is 5.56 Å². The molecule has 0 aliphatic rings. The Bertz CT molecular complexity index is 1200. The van der Waals surface area contributed by atoms with E-state index in [9.17, 15) is 9.59 Å². The van der Waals surface area contributed by atoms with Gasteiger partial charge < -0.3 is 27.3 Å². The van der Waals surface area contributed by atoms with Crippen LogP contribution in [0.4, 0.5) is 5.69 Å². The quantitative estimate of drug-likeness (QED) is 0.236. The summed E-state index contributed by atoms with van der Waals surface area (Å²) in [6, 6.07) is 17.2. The average Bonchev–Trinajstić information content (AvgIpc) is 2.83. The normalized spacial score (nSPS) is 12.0. The molecule has 0 aliphatic carbocycles. The van der Waals surface area contributed by atoms with Crippen LogP contribution < -0.4 is 27.3 Å². The Morgan fingerprint density at radius 1 is 0.970 bits per heavy atom. The van der Waals surface area contributed by atoms with E-state index in [1.54, 1.807) is 73.1 Å². The first-order valence-electron chi connectivity index (χ1n) is 9.95. The summed E-state index contributed by atoms with van der Waals surface area (Å²) in [5.74, 6) is -0.657. The molecule has 0 radical (unpaired) electrons. The zero-order valence-corrected chi connectivity index (χ0v) is 18.0. The number of nitrogens with zero attached hydrogens (tertiary/aromatic N) is 2. The first-order valence-corrected chi connectivity index (χ1v) is 9.95. The molecule has 0 saturated carbocycles. The number of amides is 2. The van der Waals surface area contributed by atoms with Gasteiger partial charge in [-0.3, -0.25) is 14.6 Å². The topological polar surface area (TPSA) is 159 Å². The van der Waals surface area contributed by atoms with E-state index in [1.165, 1.54) is 7.11 Å². The minimum Gasteiger partial charge on any atom is -0.496 e. The first-order chi connectivity index (χ1) is 15.9. The molecule has 9 heteroatoms. The number of primary amides is 1. The molecule has 2 amide bonds. The van der Waals surface area contributed by atoms with Gasteiger partial charge in [0.2, 0.25) is 0 Å². The fourth-order valence-electron chi connectivity index (χ4n) is 3.07. The van der Waals surface area contributed by atoms with Crippen LogP contribution in [-0.4, -0.2) is 29.7 Å². The molecule has 33 heavy (non-hydrogen) atoms. The second kappa shape index (κ2) is 10.6. The van der Waals surface area contributed by atoms with Crippen LogP contribution in [0, 0.1) is 0 Å². The molecule has 0 aliphatic heterocycles. The molecule has 0 fully saturated rings. The van der Waals surface area contributed by atoms with Crippen LogP contribution in [0.15, 0.2) is 83.6 Å². The lowest BCUT2D eigenvalue weighted by Crippen LogP contribution is -2.29. The number of aromatic nitrogens is 1. The van der Waals surface area contributed by atoms with Crippen molar-refractivity contribution < 1.29 is 14.3 Å². The highest BCUT2D eigenvalue weighted by Gasteiger charge is 2.17. The standard InChI is InChI=1S/C24H24N6O3/c1-33-19-5-3-2-4-18(19)24(32)29-14-15-6-8-16(9-7-15)21(25)20(23(27)31)22(26)30-17-10-12-28-13-11-17/h2-13H,14,25H2,1H3,(H2,27,31)(H,29,32)(H2,26,28,30). The van der Waals surface area contributed by atoms with Gasteiger partial charge in [0.25, 0.3) is 11.8 Å². The summed E-state index contributed by atoms with van der Waals surface area (Å²) in [6.45, 7) is 0.287. The second-order valence-electron chi connectivity index (χ2n) is 6.94. The van der Waals surface area contributed by atoms with Crippen molar-refractivity contribution in [2.45, 2.75) is 6.54 Å². The fraction of sp³-hybridized carbons (Fsp3) is 0.0833. The number of methoxy groups -OCH3 is 1. The van der Waals surface area contributed by atoms with Gasteiger partial charge in [0.15, 0.2) is 0 Å². The third-order valence-corrected chi connectivity index (χ3v) is 4.75. The van der Waals surface area contributed by atoms with Crippen molar-refractivity contribution in [3.63, 3.8) is 0 Å². The third kappa shape index (κ3) is 5.73. The van der Waals surface area contributed by atoms with Crippen molar-refractivity contribution in [2.75, 3.05) is 7.11 Å². The fourth-order valence-corrected chi connectivity index (χ4v) is 3.07. The molecule has 0 atom stereocenters. The number of amidine groups is 1. The van der Waals surface area contributed by atoms with E-state index < -0.39 is 5.91 Å². The van der Waals surface area contributed by atoms with Crippen molar-refractivity contribution >= 4 is 29.0 Å². The largest absolute Gasteiger partial charge is 0.496 e. The molecule has 168 valence electrons. The highest BCUT2D eigenvalue weighted by molar-refractivity contribution is 6.24. The molecule has 3 aromatic rings. The SMILES string of the molecule is COc1ccccc1C(=O)NCc1ccc(C(N)=C(C(N)=O)C(N)=Nc2ccncc2)cc1. The van der Waals surface area contributed by atoms with Crippen molar-refractivity contribution in [3.8, 4) is 5.75 Å². The molecule has 0 unspecified atom stereocenters. The van der Waals surface area contributed by atoms with Gasteiger partial charge in [-0.25, -0.2) is 4.99 Å². The van der Waals surface area contributed by atoms with Gasteiger partial charge in [-0.1, -0.05) is 36.4 Å². The maximum absolute atomic E-state index is 12.5.